The van der Waals surface area contributed by atoms with Crippen molar-refractivity contribution in [1.82, 2.24) is 4.90 Å². The molecule has 0 aromatic heterocycles. The Hall–Kier alpha value is -2.96. The van der Waals surface area contributed by atoms with Crippen molar-refractivity contribution in [2.45, 2.75) is 19.8 Å². The van der Waals surface area contributed by atoms with Crippen LogP contribution < -0.4 is 0 Å². The number of aromatic hydroxyl groups is 1. The normalized spacial score (nSPS) is 13.7. The SMILES string of the molecule is CCCCN1C(=O)c2cccc3c(O)c([N+](=O)[O-])cc(c23)C1=O. The second-order valence-corrected chi connectivity index (χ2v) is 5.39. The maximum absolute atomic E-state index is 12.6. The third-order valence-corrected chi connectivity index (χ3v) is 4.00. The maximum atomic E-state index is 12.6. The topological polar surface area (TPSA) is 101 Å². The summed E-state index contributed by atoms with van der Waals surface area (Å²) in [5, 5.41) is 21.6. The lowest BCUT2D eigenvalue weighted by Crippen LogP contribution is -2.40. The van der Waals surface area contributed by atoms with Crippen LogP contribution in [0.1, 0.15) is 40.5 Å². The number of unbranched alkanes of at least 4 members (excludes halogenated alkanes) is 1. The molecule has 2 aromatic rings. The number of nitrogens with zero attached hydrogens (tertiary/aromatic N) is 2. The van der Waals surface area contributed by atoms with E-state index in [4.69, 9.17) is 0 Å². The van der Waals surface area contributed by atoms with Gasteiger partial charge in [-0.1, -0.05) is 25.5 Å². The van der Waals surface area contributed by atoms with E-state index in [1.165, 1.54) is 12.1 Å². The molecule has 7 nitrogen and oxygen atoms in total. The first-order valence-electron chi connectivity index (χ1n) is 7.26. The van der Waals surface area contributed by atoms with Gasteiger partial charge in [0.05, 0.1) is 10.5 Å². The van der Waals surface area contributed by atoms with Gasteiger partial charge in [-0.25, -0.2) is 0 Å². The molecular formula is C16H14N2O5. The van der Waals surface area contributed by atoms with E-state index in [9.17, 15) is 24.8 Å². The molecule has 0 saturated heterocycles. The highest BCUT2D eigenvalue weighted by molar-refractivity contribution is 6.26. The lowest BCUT2D eigenvalue weighted by atomic mass is 9.92. The molecule has 118 valence electrons. The molecule has 0 aliphatic carbocycles. The molecule has 0 saturated carbocycles. The van der Waals surface area contributed by atoms with E-state index in [-0.39, 0.29) is 28.4 Å². The van der Waals surface area contributed by atoms with Gasteiger partial charge in [0.2, 0.25) is 5.75 Å². The molecule has 0 bridgehead atoms. The summed E-state index contributed by atoms with van der Waals surface area (Å²) in [7, 11) is 0. The molecule has 1 heterocycles. The summed E-state index contributed by atoms with van der Waals surface area (Å²) >= 11 is 0. The van der Waals surface area contributed by atoms with Crippen LogP contribution in [0.15, 0.2) is 24.3 Å². The second-order valence-electron chi connectivity index (χ2n) is 5.39. The van der Waals surface area contributed by atoms with Gasteiger partial charge < -0.3 is 5.11 Å². The van der Waals surface area contributed by atoms with Crippen molar-refractivity contribution in [2.75, 3.05) is 6.54 Å². The van der Waals surface area contributed by atoms with Crippen LogP contribution in [0.5, 0.6) is 5.75 Å². The zero-order valence-corrected chi connectivity index (χ0v) is 12.4. The zero-order valence-electron chi connectivity index (χ0n) is 12.4. The van der Waals surface area contributed by atoms with E-state index in [1.807, 2.05) is 6.92 Å². The summed E-state index contributed by atoms with van der Waals surface area (Å²) in [6.45, 7) is 2.20. The first kappa shape index (κ1) is 15.0. The molecule has 23 heavy (non-hydrogen) atoms. The van der Waals surface area contributed by atoms with Crippen molar-refractivity contribution in [1.29, 1.82) is 0 Å². The van der Waals surface area contributed by atoms with Gasteiger partial charge >= 0.3 is 5.69 Å². The highest BCUT2D eigenvalue weighted by Gasteiger charge is 2.35. The first-order valence-corrected chi connectivity index (χ1v) is 7.26. The number of hydrogen-bond donors (Lipinski definition) is 1. The van der Waals surface area contributed by atoms with Gasteiger partial charge in [-0.3, -0.25) is 24.6 Å². The highest BCUT2D eigenvalue weighted by Crippen LogP contribution is 2.40. The highest BCUT2D eigenvalue weighted by atomic mass is 16.6. The van der Waals surface area contributed by atoms with Gasteiger partial charge in [0.25, 0.3) is 11.8 Å². The van der Waals surface area contributed by atoms with Crippen LogP contribution >= 0.6 is 0 Å². The maximum Gasteiger partial charge on any atom is 0.312 e. The minimum Gasteiger partial charge on any atom is -0.502 e. The predicted octanol–water partition coefficient (Wildman–Crippen LogP) is 2.85. The Kier molecular flexibility index (Phi) is 3.48. The molecule has 0 fully saturated rings. The van der Waals surface area contributed by atoms with Crippen LogP contribution in [0.25, 0.3) is 10.8 Å². The Morgan fingerprint density at radius 1 is 1.22 bits per heavy atom. The Morgan fingerprint density at radius 3 is 2.57 bits per heavy atom. The van der Waals surface area contributed by atoms with E-state index in [1.54, 1.807) is 6.07 Å². The number of rotatable bonds is 4. The number of nitro benzene ring substituents is 1. The number of carbonyl (C=O) groups is 2. The molecule has 1 aliphatic rings. The standard InChI is InChI=1S/C16H14N2O5/c1-2-3-7-17-15(20)10-6-4-5-9-13(10)11(16(17)21)8-12(14(9)19)18(22)23/h4-6,8,19H,2-3,7H2,1H3. The molecule has 0 spiro atoms. The number of carbonyl (C=O) groups excluding carboxylic acids is 2. The molecule has 0 unspecified atom stereocenters. The number of imide groups is 1. The van der Waals surface area contributed by atoms with Gasteiger partial charge in [-0.15, -0.1) is 0 Å². The van der Waals surface area contributed by atoms with Crippen LogP contribution in [0, 0.1) is 10.1 Å². The summed E-state index contributed by atoms with van der Waals surface area (Å²) in [6.07, 6.45) is 1.47. The lowest BCUT2D eigenvalue weighted by Gasteiger charge is -2.27. The number of phenolic OH excluding ortho intramolecular Hbond substituents is 1. The number of amides is 2. The van der Waals surface area contributed by atoms with E-state index in [2.05, 4.69) is 0 Å². The number of hydrogen-bond acceptors (Lipinski definition) is 5. The molecule has 2 amide bonds. The summed E-state index contributed by atoms with van der Waals surface area (Å²) in [5.41, 5.74) is -0.183. The van der Waals surface area contributed by atoms with Crippen molar-refractivity contribution < 1.29 is 19.6 Å². The molecule has 0 radical (unpaired) electrons. The van der Waals surface area contributed by atoms with Crippen LogP contribution in [-0.4, -0.2) is 33.3 Å². The van der Waals surface area contributed by atoms with Crippen molar-refractivity contribution in [3.05, 3.63) is 45.5 Å². The van der Waals surface area contributed by atoms with E-state index in [0.717, 1.165) is 17.4 Å². The van der Waals surface area contributed by atoms with Gasteiger partial charge in [-0.05, 0) is 12.5 Å². The Balaban J connectivity index is 2.31. The van der Waals surface area contributed by atoms with Crippen LogP contribution in [0.2, 0.25) is 0 Å². The monoisotopic (exact) mass is 314 g/mol. The average molecular weight is 314 g/mol. The van der Waals surface area contributed by atoms with Gasteiger partial charge in [-0.2, -0.15) is 0 Å². The molecule has 1 N–H and O–H groups in total. The first-order chi connectivity index (χ1) is 11.0. The van der Waals surface area contributed by atoms with Crippen molar-refractivity contribution in [3.63, 3.8) is 0 Å². The third kappa shape index (κ3) is 2.12. The lowest BCUT2D eigenvalue weighted by molar-refractivity contribution is -0.385. The molecule has 3 rings (SSSR count). The van der Waals surface area contributed by atoms with Crippen LogP contribution in [0.4, 0.5) is 5.69 Å². The summed E-state index contributed by atoms with van der Waals surface area (Å²) in [6, 6.07) is 5.61. The van der Waals surface area contributed by atoms with Gasteiger partial charge in [0, 0.05) is 28.9 Å². The Morgan fingerprint density at radius 2 is 1.91 bits per heavy atom. The molecule has 1 aliphatic heterocycles. The van der Waals surface area contributed by atoms with E-state index >= 15 is 0 Å². The van der Waals surface area contributed by atoms with E-state index in [0.29, 0.717) is 6.42 Å². The fourth-order valence-electron chi connectivity index (χ4n) is 2.84. The smallest absolute Gasteiger partial charge is 0.312 e. The summed E-state index contributed by atoms with van der Waals surface area (Å²) in [4.78, 5) is 36.6. The van der Waals surface area contributed by atoms with Gasteiger partial charge in [0.15, 0.2) is 0 Å². The zero-order chi connectivity index (χ0) is 16.7. The second kappa shape index (κ2) is 5.35. The summed E-state index contributed by atoms with van der Waals surface area (Å²) in [5.74, 6) is -1.52. The number of phenols is 1. The van der Waals surface area contributed by atoms with Crippen molar-refractivity contribution >= 4 is 28.3 Å². The largest absolute Gasteiger partial charge is 0.502 e. The molecule has 2 aromatic carbocycles. The average Bonchev–Trinajstić information content (AvgIpc) is 2.53. The number of nitro groups is 1. The fourth-order valence-corrected chi connectivity index (χ4v) is 2.84. The molecule has 0 atom stereocenters. The van der Waals surface area contributed by atoms with Crippen LogP contribution in [0.3, 0.4) is 0 Å². The predicted molar refractivity (Wildman–Crippen MR) is 82.5 cm³/mol. The summed E-state index contributed by atoms with van der Waals surface area (Å²) < 4.78 is 0. The molecule has 7 heteroatoms. The van der Waals surface area contributed by atoms with Gasteiger partial charge in [0.1, 0.15) is 0 Å². The quantitative estimate of drug-likeness (QED) is 0.531. The van der Waals surface area contributed by atoms with Crippen LogP contribution in [-0.2, 0) is 0 Å². The molecular weight excluding hydrogens is 300 g/mol. The Bertz CT molecular complexity index is 859. The minimum atomic E-state index is -0.738. The minimum absolute atomic E-state index is 0.0794. The third-order valence-electron chi connectivity index (χ3n) is 4.00. The number of benzene rings is 2. The van der Waals surface area contributed by atoms with E-state index < -0.39 is 28.2 Å². The van der Waals surface area contributed by atoms with Crippen molar-refractivity contribution in [3.8, 4) is 5.75 Å². The Labute approximate surface area is 131 Å². The fraction of sp³-hybridized carbons (Fsp3) is 0.250. The van der Waals surface area contributed by atoms with Crippen molar-refractivity contribution in [2.24, 2.45) is 0 Å².